The molecule has 89 heavy (non-hydrogen) atoms. The highest BCUT2D eigenvalue weighted by Gasteiger charge is 2.64. The number of carbonyl (C=O) groups excluding carboxylic acids is 11. The van der Waals surface area contributed by atoms with Gasteiger partial charge in [0.1, 0.15) is 30.0 Å². The van der Waals surface area contributed by atoms with E-state index >= 15 is 0 Å². The molecule has 486 valence electrons. The van der Waals surface area contributed by atoms with Gasteiger partial charge in [-0.2, -0.15) is 0 Å². The summed E-state index contributed by atoms with van der Waals surface area (Å²) in [5.74, 6) is -3.77. The van der Waals surface area contributed by atoms with E-state index in [2.05, 4.69) is 32.9 Å². The van der Waals surface area contributed by atoms with Crippen LogP contribution in [0, 0.1) is 52.8 Å². The van der Waals surface area contributed by atoms with Gasteiger partial charge in [0.15, 0.2) is 0 Å². The van der Waals surface area contributed by atoms with Gasteiger partial charge in [0, 0.05) is 65.2 Å². The topological polar surface area (TPSA) is 310 Å². The molecule has 0 radical (unpaired) electrons. The second kappa shape index (κ2) is 28.3. The lowest BCUT2D eigenvalue weighted by Gasteiger charge is -2.59. The zero-order valence-corrected chi connectivity index (χ0v) is 50.9. The van der Waals surface area contributed by atoms with Crippen LogP contribution in [0.15, 0.2) is 61.8 Å². The molecule has 23 nitrogen and oxygen atoms in total. The first kappa shape index (κ1) is 66.3. The minimum absolute atomic E-state index is 0.000524. The molecule has 4 bridgehead atoms. The van der Waals surface area contributed by atoms with E-state index in [1.807, 2.05) is 0 Å². The average Bonchev–Trinajstić information content (AvgIpc) is 1.69. The van der Waals surface area contributed by atoms with E-state index < -0.39 is 102 Å². The van der Waals surface area contributed by atoms with Crippen LogP contribution < -0.4 is 0 Å². The number of aliphatic hydroxyl groups excluding tert-OH is 1. The highest BCUT2D eigenvalue weighted by atomic mass is 16.6. The Morgan fingerprint density at radius 3 is 1.35 bits per heavy atom. The maximum absolute atomic E-state index is 13.4. The van der Waals surface area contributed by atoms with Gasteiger partial charge in [0.25, 0.3) is 0 Å². The number of hydrogen-bond donors (Lipinski definition) is 1. The molecule has 0 spiro atoms. The summed E-state index contributed by atoms with van der Waals surface area (Å²) < 4.78 is 57.7. The Balaban J connectivity index is 0.000000136. The molecule has 14 rings (SSSR count). The van der Waals surface area contributed by atoms with Gasteiger partial charge in [-0.3, -0.25) is 4.79 Å². The molecule has 5 aliphatic heterocycles. The molecule has 0 aromatic carbocycles. The standard InChI is InChI=1S/C22H28O6.C12H16O4.C11H14O5.C11H14O4.C10H12O4/c1-12(2)18(23)28-22-9-13-6-14(10-22)8-21(7-13,11-22)20(25)27-17-15-4-3-5-16(15)26-19(17)24;1-7(2)11(13)16-10-9-5-3-4-8(9)6-15-12(10)14;1-6(5-12)10(13)16-9-7-3-2-4-8(7)15-11(9)14;1-2-9(12)15-10-7-5-3-4-6-8(7)14-11(10)13;1-2-8(11)14-9-6-4-3-5-7(6)13-10(9)12/h13-17H,1,3-11H2,2H3;8-10H,1,3-6H2,2H3;7-9,12H,1-5H2;2,7-8,10H,1,3-6H2;2,6-7,9H,1,3-5H2. The van der Waals surface area contributed by atoms with Gasteiger partial charge in [-0.05, 0) is 148 Å². The number of hydrogen-bond acceptors (Lipinski definition) is 23. The fourth-order valence-electron chi connectivity index (χ4n) is 16.2. The molecule has 17 atom stereocenters. The monoisotopic (exact) mass is 1240 g/mol. The average molecular weight is 1250 g/mol. The smallest absolute Gasteiger partial charge is 0.348 e. The minimum Gasteiger partial charge on any atom is -0.463 e. The SMILES string of the molecule is C=C(C)C(=O)OC12CC3CC(C1)CC(C(=O)OC1C(=O)OC4CCCC41)(C3)C2.C=C(C)C(=O)OC1C(=O)OCC2CCCC21.C=C(CO)C(=O)OC1C(=O)OC2CCCC21.C=CC(=O)OC1C(=O)OC2CCCC21.C=CC(=O)OC1C(=O)OC2CCCCC21. The third-order valence-electron chi connectivity index (χ3n) is 20.0. The maximum Gasteiger partial charge on any atom is 0.348 e. The van der Waals surface area contributed by atoms with Gasteiger partial charge in [0.05, 0.1) is 24.2 Å². The van der Waals surface area contributed by atoms with Gasteiger partial charge in [-0.15, -0.1) is 0 Å². The van der Waals surface area contributed by atoms with Crippen LogP contribution in [0.25, 0.3) is 0 Å². The summed E-state index contributed by atoms with van der Waals surface area (Å²) in [7, 11) is 0. The third kappa shape index (κ3) is 14.9. The largest absolute Gasteiger partial charge is 0.463 e. The molecule has 5 heterocycles. The second-order valence-electron chi connectivity index (χ2n) is 26.4. The zero-order valence-electron chi connectivity index (χ0n) is 50.9. The van der Waals surface area contributed by atoms with Gasteiger partial charge in [-0.1, -0.05) is 45.7 Å². The molecule has 0 aromatic rings. The van der Waals surface area contributed by atoms with Crippen molar-refractivity contribution in [3.05, 3.63) is 61.8 Å². The summed E-state index contributed by atoms with van der Waals surface area (Å²) in [4.78, 5) is 128. The van der Waals surface area contributed by atoms with Crippen LogP contribution >= 0.6 is 0 Å². The molecule has 17 unspecified atom stereocenters. The molecular weight excluding hydrogens is 1160 g/mol. The van der Waals surface area contributed by atoms with E-state index in [1.54, 1.807) is 13.8 Å². The first-order chi connectivity index (χ1) is 42.5. The lowest BCUT2D eigenvalue weighted by atomic mass is 9.48. The molecule has 1 N–H and O–H groups in total. The van der Waals surface area contributed by atoms with Crippen LogP contribution in [0.4, 0.5) is 0 Å². The Bertz CT molecular complexity index is 2840. The summed E-state index contributed by atoms with van der Waals surface area (Å²) in [5.41, 5.74) is -0.586. The first-order valence-corrected chi connectivity index (χ1v) is 31.6. The summed E-state index contributed by atoms with van der Waals surface area (Å²) in [6.45, 7) is 20.4. The minimum atomic E-state index is -0.816. The van der Waals surface area contributed by atoms with E-state index in [4.69, 9.17) is 57.2 Å². The van der Waals surface area contributed by atoms with Crippen molar-refractivity contribution < 1.29 is 110 Å². The Morgan fingerprint density at radius 1 is 0.494 bits per heavy atom. The molecule has 0 aromatic heterocycles. The van der Waals surface area contributed by atoms with E-state index in [1.165, 1.54) is 0 Å². The molecule has 23 heteroatoms. The van der Waals surface area contributed by atoms with Crippen molar-refractivity contribution in [1.29, 1.82) is 0 Å². The van der Waals surface area contributed by atoms with E-state index in [9.17, 15) is 52.7 Å². The fourth-order valence-corrected chi connectivity index (χ4v) is 16.2. The van der Waals surface area contributed by atoms with Gasteiger partial charge >= 0.3 is 65.7 Å². The second-order valence-corrected chi connectivity index (χ2v) is 26.4. The molecule has 9 saturated carbocycles. The van der Waals surface area contributed by atoms with E-state index in [-0.39, 0.29) is 71.5 Å². The van der Waals surface area contributed by atoms with Crippen molar-refractivity contribution in [3.8, 4) is 0 Å². The zero-order chi connectivity index (χ0) is 64.1. The Kier molecular flexibility index (Phi) is 21.1. The van der Waals surface area contributed by atoms with Gasteiger partial charge in [-0.25, -0.2) is 47.9 Å². The molecule has 9 aliphatic carbocycles. The summed E-state index contributed by atoms with van der Waals surface area (Å²) in [6.07, 6.45) is 18.1. The predicted octanol–water partition coefficient (Wildman–Crippen LogP) is 6.71. The van der Waals surface area contributed by atoms with Crippen molar-refractivity contribution in [1.82, 2.24) is 0 Å². The van der Waals surface area contributed by atoms with Crippen LogP contribution in [-0.4, -0.2) is 145 Å². The van der Waals surface area contributed by atoms with E-state index in [0.717, 1.165) is 147 Å². The van der Waals surface area contributed by atoms with Crippen LogP contribution in [0.5, 0.6) is 0 Å². The van der Waals surface area contributed by atoms with E-state index in [0.29, 0.717) is 41.9 Å². The van der Waals surface area contributed by atoms with Crippen molar-refractivity contribution in [2.24, 2.45) is 52.8 Å². The molecule has 0 amide bonds. The number of ether oxygens (including phenoxy) is 11. The number of esters is 11. The van der Waals surface area contributed by atoms with Crippen LogP contribution in [0.3, 0.4) is 0 Å². The molecule has 14 fully saturated rings. The Morgan fingerprint density at radius 2 is 0.888 bits per heavy atom. The number of rotatable bonds is 13. The molecular formula is C66H84O23. The Hall–Kier alpha value is -7.17. The van der Waals surface area contributed by atoms with Crippen LogP contribution in [-0.2, 0) is 105 Å². The highest BCUT2D eigenvalue weighted by Crippen LogP contribution is 2.63. The first-order valence-electron chi connectivity index (χ1n) is 31.6. The summed E-state index contributed by atoms with van der Waals surface area (Å²) in [5, 5.41) is 8.72. The van der Waals surface area contributed by atoms with Gasteiger partial charge < -0.3 is 57.2 Å². The fraction of sp³-hybridized carbons (Fsp3) is 0.682. The maximum atomic E-state index is 13.4. The highest BCUT2D eigenvalue weighted by molar-refractivity contribution is 5.92. The molecule has 14 aliphatic rings. The Labute approximate surface area is 517 Å². The van der Waals surface area contributed by atoms with Crippen molar-refractivity contribution in [2.75, 3.05) is 13.2 Å². The lowest BCUT2D eigenvalue weighted by molar-refractivity contribution is -0.213. The van der Waals surface area contributed by atoms with Crippen LogP contribution in [0.1, 0.15) is 155 Å². The van der Waals surface area contributed by atoms with Crippen molar-refractivity contribution in [3.63, 3.8) is 0 Å². The summed E-state index contributed by atoms with van der Waals surface area (Å²) in [6, 6.07) is 0. The van der Waals surface area contributed by atoms with Gasteiger partial charge in [0.2, 0.25) is 30.5 Å². The third-order valence-corrected chi connectivity index (χ3v) is 20.0. The van der Waals surface area contributed by atoms with Crippen molar-refractivity contribution in [2.45, 2.75) is 216 Å². The quantitative estimate of drug-likeness (QED) is 0.114. The number of fused-ring (bicyclic) bond motifs is 5. The number of carbonyl (C=O) groups is 11. The number of aliphatic hydroxyl groups is 1. The van der Waals surface area contributed by atoms with Crippen LogP contribution in [0.2, 0.25) is 0 Å². The van der Waals surface area contributed by atoms with Crippen molar-refractivity contribution >= 4 is 65.7 Å². The predicted molar refractivity (Wildman–Crippen MR) is 307 cm³/mol. The molecule has 5 saturated heterocycles. The summed E-state index contributed by atoms with van der Waals surface area (Å²) >= 11 is 0. The normalized spacial score (nSPS) is 37.2. The number of cyclic esters (lactones) is 1. The lowest BCUT2D eigenvalue weighted by Crippen LogP contribution is -2.60.